The number of hydrogen-bond donors (Lipinski definition) is 1. The molecule has 1 N–H and O–H groups in total. The molecule has 20 heavy (non-hydrogen) atoms. The van der Waals surface area contributed by atoms with Gasteiger partial charge in [0.2, 0.25) is 11.8 Å². The van der Waals surface area contributed by atoms with E-state index in [0.29, 0.717) is 17.3 Å². The molecule has 6 heteroatoms. The molecule has 0 saturated heterocycles. The zero-order chi connectivity index (χ0) is 14.4. The first-order chi connectivity index (χ1) is 9.67. The quantitative estimate of drug-likeness (QED) is 0.920. The van der Waals surface area contributed by atoms with Crippen molar-refractivity contribution < 1.29 is 9.53 Å². The molecule has 1 aromatic heterocycles. The van der Waals surface area contributed by atoms with Crippen LogP contribution in [-0.4, -0.2) is 15.9 Å². The van der Waals surface area contributed by atoms with Gasteiger partial charge in [-0.05, 0) is 19.1 Å². The van der Waals surface area contributed by atoms with Gasteiger partial charge in [0.15, 0.2) is 0 Å². The van der Waals surface area contributed by atoms with Gasteiger partial charge in [-0.15, -0.1) is 0 Å². The van der Waals surface area contributed by atoms with Gasteiger partial charge in [0.05, 0.1) is 18.0 Å². The summed E-state index contributed by atoms with van der Waals surface area (Å²) in [5.41, 5.74) is 1.31. The summed E-state index contributed by atoms with van der Waals surface area (Å²) in [5, 5.41) is 11.0. The third-order valence-corrected chi connectivity index (χ3v) is 2.31. The van der Waals surface area contributed by atoms with E-state index in [-0.39, 0.29) is 12.3 Å². The maximum Gasteiger partial charge on any atom is 0.238 e. The second-order valence-corrected chi connectivity index (χ2v) is 4.01. The summed E-state index contributed by atoms with van der Waals surface area (Å²) in [5.74, 6) is 0.546. The molecule has 6 nitrogen and oxygen atoms in total. The van der Waals surface area contributed by atoms with Crippen LogP contribution in [0, 0.1) is 18.3 Å². The van der Waals surface area contributed by atoms with Crippen molar-refractivity contribution >= 4 is 11.6 Å². The summed E-state index contributed by atoms with van der Waals surface area (Å²) in [6.45, 7) is 1.82. The zero-order valence-electron chi connectivity index (χ0n) is 10.8. The van der Waals surface area contributed by atoms with Crippen LogP contribution in [0.4, 0.5) is 5.69 Å². The minimum Gasteiger partial charge on any atom is -0.437 e. The van der Waals surface area contributed by atoms with Gasteiger partial charge in [0, 0.05) is 18.0 Å². The lowest BCUT2D eigenvalue weighted by atomic mass is 10.3. The Hall–Kier alpha value is -2.94. The van der Waals surface area contributed by atoms with E-state index in [2.05, 4.69) is 15.3 Å². The summed E-state index contributed by atoms with van der Waals surface area (Å²) in [4.78, 5) is 19.5. The number of aryl methyl sites for hydroxylation is 1. The summed E-state index contributed by atoms with van der Waals surface area (Å²) in [6.07, 6.45) is 2.95. The number of carbonyl (C=O) groups excluding carboxylic acids is 1. The van der Waals surface area contributed by atoms with E-state index in [1.165, 1.54) is 6.20 Å². The fourth-order valence-corrected chi connectivity index (χ4v) is 1.52. The summed E-state index contributed by atoms with van der Waals surface area (Å²) in [7, 11) is 0. The molecule has 0 aliphatic carbocycles. The van der Waals surface area contributed by atoms with E-state index in [1.807, 2.05) is 6.92 Å². The Labute approximate surface area is 116 Å². The predicted octanol–water partition coefficient (Wildman–Crippen LogP) is 2.43. The molecular weight excluding hydrogens is 256 g/mol. The number of nitrogens with one attached hydrogen (secondary N) is 1. The first-order valence-corrected chi connectivity index (χ1v) is 5.91. The number of aromatic nitrogens is 2. The predicted molar refractivity (Wildman–Crippen MR) is 72.1 cm³/mol. The van der Waals surface area contributed by atoms with E-state index in [4.69, 9.17) is 10.00 Å². The highest BCUT2D eigenvalue weighted by Gasteiger charge is 2.04. The molecule has 100 valence electrons. The van der Waals surface area contributed by atoms with E-state index in [0.717, 1.165) is 5.69 Å². The highest BCUT2D eigenvalue weighted by Crippen LogP contribution is 2.22. The molecule has 1 aromatic carbocycles. The number of carbonyl (C=O) groups is 1. The van der Waals surface area contributed by atoms with Crippen molar-refractivity contribution in [2.45, 2.75) is 13.3 Å². The molecular formula is C14H12N4O2. The van der Waals surface area contributed by atoms with Gasteiger partial charge in [-0.1, -0.05) is 6.07 Å². The van der Waals surface area contributed by atoms with Gasteiger partial charge in [-0.2, -0.15) is 5.26 Å². The topological polar surface area (TPSA) is 87.9 Å². The van der Waals surface area contributed by atoms with Crippen LogP contribution in [0.25, 0.3) is 0 Å². The standard InChI is InChI=1S/C14H12N4O2/c1-10-8-16-9-14(17-10)20-12-4-2-3-11(7-12)18-13(19)5-6-15/h2-4,7-9H,5H2,1H3,(H,18,19). The van der Waals surface area contributed by atoms with Crippen molar-refractivity contribution in [3.63, 3.8) is 0 Å². The minimum atomic E-state index is -0.361. The van der Waals surface area contributed by atoms with Crippen LogP contribution in [0.2, 0.25) is 0 Å². The minimum absolute atomic E-state index is 0.186. The van der Waals surface area contributed by atoms with Crippen molar-refractivity contribution in [3.8, 4) is 17.7 Å². The molecule has 0 unspecified atom stereocenters. The maximum atomic E-state index is 11.3. The molecule has 0 saturated carbocycles. The van der Waals surface area contributed by atoms with Crippen LogP contribution in [0.1, 0.15) is 12.1 Å². The highest BCUT2D eigenvalue weighted by atomic mass is 16.5. The van der Waals surface area contributed by atoms with E-state index in [1.54, 1.807) is 36.5 Å². The van der Waals surface area contributed by atoms with Crippen LogP contribution in [-0.2, 0) is 4.79 Å². The lowest BCUT2D eigenvalue weighted by molar-refractivity contribution is -0.115. The van der Waals surface area contributed by atoms with Crippen molar-refractivity contribution in [2.75, 3.05) is 5.32 Å². The molecule has 1 amide bonds. The lowest BCUT2D eigenvalue weighted by Crippen LogP contribution is -2.09. The summed E-state index contributed by atoms with van der Waals surface area (Å²) >= 11 is 0. The van der Waals surface area contributed by atoms with Crippen molar-refractivity contribution in [3.05, 3.63) is 42.4 Å². The third-order valence-electron chi connectivity index (χ3n) is 2.31. The fraction of sp³-hybridized carbons (Fsp3) is 0.143. The molecule has 0 radical (unpaired) electrons. The Kier molecular flexibility index (Phi) is 4.24. The molecule has 2 aromatic rings. The third kappa shape index (κ3) is 3.78. The van der Waals surface area contributed by atoms with Gasteiger partial charge >= 0.3 is 0 Å². The van der Waals surface area contributed by atoms with Gasteiger partial charge < -0.3 is 10.1 Å². The van der Waals surface area contributed by atoms with Gasteiger partial charge in [0.25, 0.3) is 0 Å². The molecule has 0 atom stereocenters. The lowest BCUT2D eigenvalue weighted by Gasteiger charge is -2.07. The Bertz CT molecular complexity index is 664. The van der Waals surface area contributed by atoms with Crippen molar-refractivity contribution in [1.82, 2.24) is 9.97 Å². The first kappa shape index (κ1) is 13.5. The molecule has 0 aliphatic rings. The number of anilines is 1. The average Bonchev–Trinajstić information content (AvgIpc) is 2.39. The Morgan fingerprint density at radius 2 is 2.30 bits per heavy atom. The van der Waals surface area contributed by atoms with Gasteiger partial charge in [0.1, 0.15) is 12.2 Å². The monoisotopic (exact) mass is 268 g/mol. The molecule has 0 fully saturated rings. The maximum absolute atomic E-state index is 11.3. The van der Waals surface area contributed by atoms with Crippen LogP contribution in [0.3, 0.4) is 0 Å². The normalized spacial score (nSPS) is 9.60. The van der Waals surface area contributed by atoms with Crippen LogP contribution >= 0.6 is 0 Å². The number of hydrogen-bond acceptors (Lipinski definition) is 5. The Morgan fingerprint density at radius 1 is 1.45 bits per heavy atom. The molecule has 1 heterocycles. The summed E-state index contributed by atoms with van der Waals surface area (Å²) in [6, 6.07) is 8.63. The number of nitriles is 1. The molecule has 0 spiro atoms. The highest BCUT2D eigenvalue weighted by molar-refractivity contribution is 5.92. The van der Waals surface area contributed by atoms with E-state index in [9.17, 15) is 4.79 Å². The second kappa shape index (κ2) is 6.29. The first-order valence-electron chi connectivity index (χ1n) is 5.91. The number of ether oxygens (including phenoxy) is 1. The smallest absolute Gasteiger partial charge is 0.238 e. The number of rotatable bonds is 4. The van der Waals surface area contributed by atoms with Crippen molar-refractivity contribution in [1.29, 1.82) is 5.26 Å². The SMILES string of the molecule is Cc1cncc(Oc2cccc(NC(=O)CC#N)c2)n1. The molecule has 2 rings (SSSR count). The second-order valence-electron chi connectivity index (χ2n) is 4.01. The Balaban J connectivity index is 2.10. The number of nitrogens with zero attached hydrogens (tertiary/aromatic N) is 3. The molecule has 0 bridgehead atoms. The van der Waals surface area contributed by atoms with E-state index < -0.39 is 0 Å². The fourth-order valence-electron chi connectivity index (χ4n) is 1.52. The molecule has 0 aliphatic heterocycles. The number of amides is 1. The Morgan fingerprint density at radius 3 is 3.05 bits per heavy atom. The average molecular weight is 268 g/mol. The van der Waals surface area contributed by atoms with Crippen LogP contribution in [0.15, 0.2) is 36.7 Å². The van der Waals surface area contributed by atoms with Crippen LogP contribution in [0.5, 0.6) is 11.6 Å². The zero-order valence-corrected chi connectivity index (χ0v) is 10.8. The summed E-state index contributed by atoms with van der Waals surface area (Å²) < 4.78 is 5.55. The van der Waals surface area contributed by atoms with E-state index >= 15 is 0 Å². The van der Waals surface area contributed by atoms with Crippen LogP contribution < -0.4 is 10.1 Å². The van der Waals surface area contributed by atoms with Gasteiger partial charge in [-0.3, -0.25) is 9.78 Å². The number of benzene rings is 1. The largest absolute Gasteiger partial charge is 0.437 e. The van der Waals surface area contributed by atoms with Crippen molar-refractivity contribution in [2.24, 2.45) is 0 Å². The van der Waals surface area contributed by atoms with Gasteiger partial charge in [-0.25, -0.2) is 4.98 Å².